The molecule has 0 bridgehead atoms. The highest BCUT2D eigenvalue weighted by molar-refractivity contribution is 6.33. The molecule has 0 unspecified atom stereocenters. The summed E-state index contributed by atoms with van der Waals surface area (Å²) in [5, 5.41) is 13.8. The summed E-state index contributed by atoms with van der Waals surface area (Å²) in [5.74, 6) is 1.00. The Bertz CT molecular complexity index is 822. The van der Waals surface area contributed by atoms with Crippen LogP contribution in [0.1, 0.15) is 0 Å². The monoisotopic (exact) mass is 358 g/mol. The minimum absolute atomic E-state index is 0.255. The molecule has 25 heavy (non-hydrogen) atoms. The normalized spacial score (nSPS) is 10.3. The van der Waals surface area contributed by atoms with Gasteiger partial charge in [0, 0.05) is 6.07 Å². The van der Waals surface area contributed by atoms with Crippen LogP contribution in [0.25, 0.3) is 11.5 Å². The number of benzene rings is 1. The maximum absolute atomic E-state index is 11.8. The molecule has 0 atom stereocenters. The molecule has 7 nitrogen and oxygen atoms in total. The van der Waals surface area contributed by atoms with Gasteiger partial charge in [0.15, 0.2) is 5.76 Å². The summed E-state index contributed by atoms with van der Waals surface area (Å²) >= 11 is 5.97. The first kappa shape index (κ1) is 16.8. The first-order chi connectivity index (χ1) is 12.2. The third-order valence-electron chi connectivity index (χ3n) is 3.17. The van der Waals surface area contributed by atoms with Gasteiger partial charge in [0.2, 0.25) is 5.88 Å². The summed E-state index contributed by atoms with van der Waals surface area (Å²) < 4.78 is 10.7. The third-order valence-corrected chi connectivity index (χ3v) is 3.50. The smallest absolute Gasteiger partial charge is 0.319 e. The molecule has 2 N–H and O–H groups in total. The van der Waals surface area contributed by atoms with E-state index in [0.717, 1.165) is 0 Å². The first-order valence-corrected chi connectivity index (χ1v) is 7.90. The number of nitrogens with zero attached hydrogens (tertiary/aromatic N) is 2. The first-order valence-electron chi connectivity index (χ1n) is 7.52. The molecular weight excluding hydrogens is 344 g/mol. The molecule has 1 aromatic carbocycles. The lowest BCUT2D eigenvalue weighted by molar-refractivity contribution is 0.246. The molecule has 3 rings (SSSR count). The van der Waals surface area contributed by atoms with Gasteiger partial charge in [-0.3, -0.25) is 0 Å². The summed E-state index contributed by atoms with van der Waals surface area (Å²) in [7, 11) is 0. The lowest BCUT2D eigenvalue weighted by atomic mass is 10.3. The lowest BCUT2D eigenvalue weighted by Gasteiger charge is -2.09. The Labute approximate surface area is 149 Å². The number of rotatable bonds is 6. The summed E-state index contributed by atoms with van der Waals surface area (Å²) in [6, 6.07) is 13.6. The molecule has 2 amide bonds. The van der Waals surface area contributed by atoms with Gasteiger partial charge in [-0.2, -0.15) is 0 Å². The Balaban J connectivity index is 1.41. The number of furan rings is 1. The van der Waals surface area contributed by atoms with Gasteiger partial charge in [0.05, 0.1) is 23.5 Å². The Kier molecular flexibility index (Phi) is 5.48. The second-order valence-corrected chi connectivity index (χ2v) is 5.35. The second kappa shape index (κ2) is 8.16. The highest BCUT2D eigenvalue weighted by Crippen LogP contribution is 2.20. The Morgan fingerprint density at radius 1 is 1.12 bits per heavy atom. The van der Waals surface area contributed by atoms with Crippen LogP contribution >= 0.6 is 11.6 Å². The number of urea groups is 1. The summed E-state index contributed by atoms with van der Waals surface area (Å²) in [6.45, 7) is 0.558. The van der Waals surface area contributed by atoms with Crippen LogP contribution in [-0.4, -0.2) is 29.4 Å². The number of anilines is 1. The maximum atomic E-state index is 11.8. The molecule has 0 aliphatic carbocycles. The molecule has 2 aromatic heterocycles. The van der Waals surface area contributed by atoms with Gasteiger partial charge in [-0.15, -0.1) is 10.2 Å². The minimum atomic E-state index is -0.365. The number of hydrogen-bond donors (Lipinski definition) is 2. The zero-order valence-corrected chi connectivity index (χ0v) is 13.9. The number of carbonyl (C=O) groups excluding carboxylic acids is 1. The van der Waals surface area contributed by atoms with E-state index < -0.39 is 0 Å². The molecule has 0 saturated carbocycles. The van der Waals surface area contributed by atoms with Gasteiger partial charge in [-0.25, -0.2) is 4.79 Å². The van der Waals surface area contributed by atoms with E-state index in [9.17, 15) is 4.79 Å². The molecule has 0 fully saturated rings. The van der Waals surface area contributed by atoms with Crippen molar-refractivity contribution < 1.29 is 13.9 Å². The van der Waals surface area contributed by atoms with Crippen molar-refractivity contribution in [2.24, 2.45) is 0 Å². The van der Waals surface area contributed by atoms with E-state index in [-0.39, 0.29) is 12.6 Å². The fourth-order valence-corrected chi connectivity index (χ4v) is 2.18. The number of para-hydroxylation sites is 1. The molecule has 3 aromatic rings. The Morgan fingerprint density at radius 2 is 2.00 bits per heavy atom. The number of ether oxygens (including phenoxy) is 1. The van der Waals surface area contributed by atoms with Gasteiger partial charge >= 0.3 is 6.03 Å². The van der Waals surface area contributed by atoms with Crippen molar-refractivity contribution in [3.63, 3.8) is 0 Å². The number of carbonyl (C=O) groups is 1. The maximum Gasteiger partial charge on any atom is 0.319 e. The largest absolute Gasteiger partial charge is 0.475 e. The molecule has 0 spiro atoms. The van der Waals surface area contributed by atoms with Gasteiger partial charge in [-0.1, -0.05) is 23.7 Å². The van der Waals surface area contributed by atoms with Crippen molar-refractivity contribution in [1.29, 1.82) is 0 Å². The van der Waals surface area contributed by atoms with E-state index in [0.29, 0.717) is 34.6 Å². The van der Waals surface area contributed by atoms with Crippen LogP contribution in [-0.2, 0) is 0 Å². The number of aromatic nitrogens is 2. The molecule has 0 aliphatic heterocycles. The van der Waals surface area contributed by atoms with Gasteiger partial charge < -0.3 is 19.8 Å². The Morgan fingerprint density at radius 3 is 2.72 bits per heavy atom. The highest BCUT2D eigenvalue weighted by atomic mass is 35.5. The van der Waals surface area contributed by atoms with E-state index in [1.54, 1.807) is 54.8 Å². The van der Waals surface area contributed by atoms with Crippen LogP contribution < -0.4 is 15.4 Å². The number of hydrogen-bond acceptors (Lipinski definition) is 5. The fraction of sp³-hybridized carbons (Fsp3) is 0.118. The van der Waals surface area contributed by atoms with E-state index in [1.165, 1.54) is 0 Å². The fourth-order valence-electron chi connectivity index (χ4n) is 2.00. The van der Waals surface area contributed by atoms with Crippen LogP contribution in [0.5, 0.6) is 5.88 Å². The Hall–Kier alpha value is -3.06. The van der Waals surface area contributed by atoms with E-state index in [4.69, 9.17) is 20.8 Å². The van der Waals surface area contributed by atoms with Crippen LogP contribution in [0.15, 0.2) is 59.2 Å². The molecule has 128 valence electrons. The summed E-state index contributed by atoms with van der Waals surface area (Å²) in [5.41, 5.74) is 1.16. The van der Waals surface area contributed by atoms with Crippen LogP contribution in [0, 0.1) is 0 Å². The molecule has 0 saturated heterocycles. The molecule has 2 heterocycles. The minimum Gasteiger partial charge on any atom is -0.475 e. The molecule has 0 aliphatic rings. The molecule has 0 radical (unpaired) electrons. The average Bonchev–Trinajstić information content (AvgIpc) is 3.16. The van der Waals surface area contributed by atoms with Crippen molar-refractivity contribution in [3.8, 4) is 17.3 Å². The molecule has 8 heteroatoms. The molecular formula is C17H15ClN4O3. The zero-order valence-electron chi connectivity index (χ0n) is 13.1. The van der Waals surface area contributed by atoms with Gasteiger partial charge in [0.25, 0.3) is 0 Å². The summed E-state index contributed by atoms with van der Waals surface area (Å²) in [6.07, 6.45) is 1.57. The van der Waals surface area contributed by atoms with Crippen molar-refractivity contribution in [2.75, 3.05) is 18.5 Å². The quantitative estimate of drug-likeness (QED) is 0.657. The topological polar surface area (TPSA) is 89.3 Å². The van der Waals surface area contributed by atoms with E-state index in [2.05, 4.69) is 20.8 Å². The van der Waals surface area contributed by atoms with Gasteiger partial charge in [0.1, 0.15) is 12.3 Å². The number of amides is 2. The van der Waals surface area contributed by atoms with Crippen LogP contribution in [0.4, 0.5) is 10.5 Å². The van der Waals surface area contributed by atoms with E-state index >= 15 is 0 Å². The highest BCUT2D eigenvalue weighted by Gasteiger charge is 2.06. The number of halogens is 1. The van der Waals surface area contributed by atoms with Gasteiger partial charge in [-0.05, 0) is 30.3 Å². The lowest BCUT2D eigenvalue weighted by Crippen LogP contribution is -2.32. The predicted octanol–water partition coefficient (Wildman–Crippen LogP) is 3.59. The van der Waals surface area contributed by atoms with Crippen molar-refractivity contribution in [2.45, 2.75) is 0 Å². The van der Waals surface area contributed by atoms with Crippen molar-refractivity contribution in [3.05, 3.63) is 59.8 Å². The number of nitrogens with one attached hydrogen (secondary N) is 2. The van der Waals surface area contributed by atoms with Crippen molar-refractivity contribution in [1.82, 2.24) is 15.5 Å². The average molecular weight is 359 g/mol. The second-order valence-electron chi connectivity index (χ2n) is 4.94. The standard InChI is InChI=1S/C17H15ClN4O3/c18-12-4-1-2-5-13(12)20-17(23)19-9-11-25-16-8-7-14(21-22-16)15-6-3-10-24-15/h1-8,10H,9,11H2,(H2,19,20,23). The van der Waals surface area contributed by atoms with Crippen LogP contribution in [0.2, 0.25) is 5.02 Å². The third kappa shape index (κ3) is 4.71. The van der Waals surface area contributed by atoms with E-state index in [1.807, 2.05) is 0 Å². The SMILES string of the molecule is O=C(NCCOc1ccc(-c2ccco2)nn1)Nc1ccccc1Cl. The van der Waals surface area contributed by atoms with Crippen LogP contribution in [0.3, 0.4) is 0 Å². The van der Waals surface area contributed by atoms with Crippen molar-refractivity contribution >= 4 is 23.3 Å². The summed E-state index contributed by atoms with van der Waals surface area (Å²) in [4.78, 5) is 11.8. The zero-order chi connectivity index (χ0) is 17.5. The predicted molar refractivity (Wildman–Crippen MR) is 93.7 cm³/mol.